The molecule has 0 saturated heterocycles. The van der Waals surface area contributed by atoms with Crippen molar-refractivity contribution in [3.8, 4) is 0 Å². The van der Waals surface area contributed by atoms with Crippen LogP contribution in [-0.2, 0) is 35.4 Å². The molecule has 0 unspecified atom stereocenters. The Balaban J connectivity index is 2.38. The van der Waals surface area contributed by atoms with Crippen LogP contribution in [0.2, 0.25) is 0 Å². The Morgan fingerprint density at radius 3 is 2.32 bits per heavy atom. The Labute approximate surface area is 126 Å². The molecule has 0 aliphatic heterocycles. The van der Waals surface area contributed by atoms with Gasteiger partial charge in [-0.3, -0.25) is 13.9 Å². The first-order valence-corrected chi connectivity index (χ1v) is 8.32. The van der Waals surface area contributed by atoms with Crippen molar-refractivity contribution in [1.82, 2.24) is 14.3 Å². The molecule has 0 aromatic carbocycles. The predicted molar refractivity (Wildman–Crippen MR) is 79.2 cm³/mol. The van der Waals surface area contributed by atoms with Gasteiger partial charge in [0.2, 0.25) is 0 Å². The summed E-state index contributed by atoms with van der Waals surface area (Å²) in [5.41, 5.74) is 0.0771. The Hall–Kier alpha value is -2.16. The molecule has 0 spiro atoms. The SMILES string of the molecule is Cc1noc(C)c1CS(=O)(=O)Cc1cc(=O)n(C)c(=O)n1C. The van der Waals surface area contributed by atoms with Crippen LogP contribution in [0, 0.1) is 13.8 Å². The van der Waals surface area contributed by atoms with Crippen LogP contribution < -0.4 is 11.2 Å². The molecule has 0 radical (unpaired) electrons. The number of sulfone groups is 1. The topological polar surface area (TPSA) is 104 Å². The molecule has 2 rings (SSSR count). The molecule has 2 heterocycles. The zero-order valence-corrected chi connectivity index (χ0v) is 13.6. The third-order valence-electron chi connectivity index (χ3n) is 3.54. The first-order valence-electron chi connectivity index (χ1n) is 6.50. The molecular weight excluding hydrogens is 310 g/mol. The zero-order chi connectivity index (χ0) is 16.7. The Kier molecular flexibility index (Phi) is 4.10. The van der Waals surface area contributed by atoms with Gasteiger partial charge in [0.15, 0.2) is 9.84 Å². The summed E-state index contributed by atoms with van der Waals surface area (Å²) in [6.07, 6.45) is 0. The van der Waals surface area contributed by atoms with Crippen molar-refractivity contribution in [1.29, 1.82) is 0 Å². The van der Waals surface area contributed by atoms with E-state index >= 15 is 0 Å². The van der Waals surface area contributed by atoms with Gasteiger partial charge in [-0.15, -0.1) is 0 Å². The van der Waals surface area contributed by atoms with Crippen LogP contribution >= 0.6 is 0 Å². The largest absolute Gasteiger partial charge is 0.361 e. The van der Waals surface area contributed by atoms with Gasteiger partial charge in [-0.25, -0.2) is 13.2 Å². The zero-order valence-electron chi connectivity index (χ0n) is 12.8. The second-order valence-electron chi connectivity index (χ2n) is 5.21. The molecule has 120 valence electrons. The van der Waals surface area contributed by atoms with Gasteiger partial charge in [-0.1, -0.05) is 5.16 Å². The molecular formula is C13H17N3O5S. The number of aryl methyl sites for hydroxylation is 2. The van der Waals surface area contributed by atoms with Crippen LogP contribution in [0.5, 0.6) is 0 Å². The molecule has 0 atom stereocenters. The van der Waals surface area contributed by atoms with E-state index in [1.165, 1.54) is 14.1 Å². The van der Waals surface area contributed by atoms with Gasteiger partial charge < -0.3 is 4.52 Å². The Morgan fingerprint density at radius 2 is 1.77 bits per heavy atom. The molecule has 8 nitrogen and oxygen atoms in total. The smallest absolute Gasteiger partial charge is 0.330 e. The van der Waals surface area contributed by atoms with Crippen LogP contribution in [0.4, 0.5) is 0 Å². The molecule has 2 aromatic rings. The molecule has 0 amide bonds. The third kappa shape index (κ3) is 3.03. The van der Waals surface area contributed by atoms with E-state index in [2.05, 4.69) is 5.16 Å². The summed E-state index contributed by atoms with van der Waals surface area (Å²) < 4.78 is 31.7. The number of rotatable bonds is 4. The lowest BCUT2D eigenvalue weighted by molar-refractivity contribution is 0.392. The fraction of sp³-hybridized carbons (Fsp3) is 0.462. The van der Waals surface area contributed by atoms with E-state index in [9.17, 15) is 18.0 Å². The van der Waals surface area contributed by atoms with Crippen LogP contribution in [0.15, 0.2) is 20.2 Å². The van der Waals surface area contributed by atoms with Crippen LogP contribution in [-0.4, -0.2) is 22.7 Å². The quantitative estimate of drug-likeness (QED) is 0.770. The van der Waals surface area contributed by atoms with E-state index in [0.717, 1.165) is 15.2 Å². The lowest BCUT2D eigenvalue weighted by Crippen LogP contribution is -2.38. The molecule has 0 bridgehead atoms. The summed E-state index contributed by atoms with van der Waals surface area (Å²) in [7, 11) is -0.806. The van der Waals surface area contributed by atoms with Crippen molar-refractivity contribution in [2.24, 2.45) is 14.1 Å². The first-order chi connectivity index (χ1) is 10.1. The number of hydrogen-bond donors (Lipinski definition) is 0. The van der Waals surface area contributed by atoms with Gasteiger partial charge in [0, 0.05) is 31.4 Å². The summed E-state index contributed by atoms with van der Waals surface area (Å²) in [5.74, 6) is -0.213. The van der Waals surface area contributed by atoms with Gasteiger partial charge in [0.25, 0.3) is 5.56 Å². The number of aromatic nitrogens is 3. The highest BCUT2D eigenvalue weighted by molar-refractivity contribution is 7.89. The van der Waals surface area contributed by atoms with Crippen molar-refractivity contribution in [2.45, 2.75) is 25.4 Å². The van der Waals surface area contributed by atoms with Crippen molar-refractivity contribution in [3.63, 3.8) is 0 Å². The summed E-state index contributed by atoms with van der Waals surface area (Å²) in [6, 6.07) is 1.16. The molecule has 9 heteroatoms. The number of hydrogen-bond acceptors (Lipinski definition) is 6. The average Bonchev–Trinajstić information content (AvgIpc) is 2.73. The molecule has 0 fully saturated rings. The second kappa shape index (κ2) is 5.56. The minimum atomic E-state index is -3.58. The Bertz CT molecular complexity index is 914. The normalized spacial score (nSPS) is 11.8. The lowest BCUT2D eigenvalue weighted by atomic mass is 10.2. The second-order valence-corrected chi connectivity index (χ2v) is 7.27. The Morgan fingerprint density at radius 1 is 1.14 bits per heavy atom. The fourth-order valence-corrected chi connectivity index (χ4v) is 3.80. The van der Waals surface area contributed by atoms with E-state index in [-0.39, 0.29) is 11.4 Å². The molecule has 0 aliphatic rings. The molecule has 0 saturated carbocycles. The molecule has 2 aromatic heterocycles. The first kappa shape index (κ1) is 16.2. The minimum absolute atomic E-state index is 0.153. The summed E-state index contributed by atoms with van der Waals surface area (Å²) in [5, 5.41) is 3.72. The third-order valence-corrected chi connectivity index (χ3v) is 5.00. The van der Waals surface area contributed by atoms with E-state index < -0.39 is 26.8 Å². The van der Waals surface area contributed by atoms with E-state index in [1.807, 2.05) is 0 Å². The number of nitrogens with zero attached hydrogens (tertiary/aromatic N) is 3. The van der Waals surface area contributed by atoms with Crippen molar-refractivity contribution >= 4 is 9.84 Å². The monoisotopic (exact) mass is 327 g/mol. The summed E-state index contributed by atoms with van der Waals surface area (Å²) in [6.45, 7) is 3.30. The predicted octanol–water partition coefficient (Wildman–Crippen LogP) is -0.196. The highest BCUT2D eigenvalue weighted by Crippen LogP contribution is 2.17. The van der Waals surface area contributed by atoms with E-state index in [4.69, 9.17) is 4.52 Å². The molecule has 0 aliphatic carbocycles. The molecule has 22 heavy (non-hydrogen) atoms. The summed E-state index contributed by atoms with van der Waals surface area (Å²) in [4.78, 5) is 23.5. The highest BCUT2D eigenvalue weighted by atomic mass is 32.2. The van der Waals surface area contributed by atoms with Gasteiger partial charge in [-0.2, -0.15) is 0 Å². The van der Waals surface area contributed by atoms with Gasteiger partial charge in [0.05, 0.1) is 17.2 Å². The van der Waals surface area contributed by atoms with Gasteiger partial charge >= 0.3 is 5.69 Å². The van der Waals surface area contributed by atoms with Crippen LogP contribution in [0.25, 0.3) is 0 Å². The standard InChI is InChI=1S/C13H17N3O5S/c1-8-11(9(2)21-14-8)7-22(19,20)6-10-5-12(17)16(4)13(18)15(10)3/h5H,6-7H2,1-4H3. The molecule has 0 N–H and O–H groups in total. The maximum Gasteiger partial charge on any atom is 0.330 e. The maximum absolute atomic E-state index is 12.3. The minimum Gasteiger partial charge on any atom is -0.361 e. The van der Waals surface area contributed by atoms with Crippen LogP contribution in [0.1, 0.15) is 22.7 Å². The average molecular weight is 327 g/mol. The lowest BCUT2D eigenvalue weighted by Gasteiger charge is -2.10. The van der Waals surface area contributed by atoms with Gasteiger partial charge in [0.1, 0.15) is 5.76 Å². The van der Waals surface area contributed by atoms with E-state index in [0.29, 0.717) is 17.0 Å². The fourth-order valence-electron chi connectivity index (χ4n) is 2.12. The van der Waals surface area contributed by atoms with Crippen molar-refractivity contribution in [2.75, 3.05) is 0 Å². The van der Waals surface area contributed by atoms with Gasteiger partial charge in [-0.05, 0) is 13.8 Å². The van der Waals surface area contributed by atoms with Crippen molar-refractivity contribution < 1.29 is 12.9 Å². The summed E-state index contributed by atoms with van der Waals surface area (Å²) >= 11 is 0. The highest BCUT2D eigenvalue weighted by Gasteiger charge is 2.21. The van der Waals surface area contributed by atoms with Crippen LogP contribution in [0.3, 0.4) is 0 Å². The maximum atomic E-state index is 12.3. The van der Waals surface area contributed by atoms with Crippen molar-refractivity contribution in [3.05, 3.63) is 49.6 Å². The van der Waals surface area contributed by atoms with E-state index in [1.54, 1.807) is 13.8 Å².